The van der Waals surface area contributed by atoms with Crippen molar-refractivity contribution in [2.24, 2.45) is 0 Å². The second kappa shape index (κ2) is 7.25. The predicted octanol–water partition coefficient (Wildman–Crippen LogP) is 2.66. The Morgan fingerprint density at radius 1 is 1.32 bits per heavy atom. The van der Waals surface area contributed by atoms with Gasteiger partial charge < -0.3 is 14.4 Å². The van der Waals surface area contributed by atoms with Crippen molar-refractivity contribution in [3.63, 3.8) is 0 Å². The zero-order valence-corrected chi connectivity index (χ0v) is 15.6. The summed E-state index contributed by atoms with van der Waals surface area (Å²) in [4.78, 5) is 17.1. The van der Waals surface area contributed by atoms with E-state index in [0.717, 1.165) is 55.2 Å². The maximum absolute atomic E-state index is 12.9. The number of aryl methyl sites for hydroxylation is 1. The van der Waals surface area contributed by atoms with Crippen LogP contribution in [0.3, 0.4) is 0 Å². The number of amides is 1. The Kier molecular flexibility index (Phi) is 5.06. The van der Waals surface area contributed by atoms with Gasteiger partial charge in [0.05, 0.1) is 5.56 Å². The van der Waals surface area contributed by atoms with E-state index in [0.29, 0.717) is 6.04 Å². The first-order valence-electron chi connectivity index (χ1n) is 8.99. The third-order valence-corrected chi connectivity index (χ3v) is 5.34. The number of aromatic nitrogens is 3. The maximum Gasteiger partial charge on any atom is 0.255 e. The lowest BCUT2D eigenvalue weighted by molar-refractivity contribution is 0.0712. The van der Waals surface area contributed by atoms with Crippen LogP contribution in [0.1, 0.15) is 41.5 Å². The van der Waals surface area contributed by atoms with E-state index < -0.39 is 0 Å². The summed E-state index contributed by atoms with van der Waals surface area (Å²) >= 11 is 0. The van der Waals surface area contributed by atoms with Crippen molar-refractivity contribution in [1.82, 2.24) is 19.7 Å². The molecule has 0 aliphatic carbocycles. The van der Waals surface area contributed by atoms with E-state index in [1.165, 1.54) is 0 Å². The molecule has 6 nitrogen and oxygen atoms in total. The number of anilines is 1. The van der Waals surface area contributed by atoms with Crippen LogP contribution in [-0.4, -0.2) is 51.8 Å². The number of hydrogen-bond acceptors (Lipinski definition) is 4. The van der Waals surface area contributed by atoms with Crippen molar-refractivity contribution in [1.29, 1.82) is 0 Å². The molecule has 0 spiro atoms. The van der Waals surface area contributed by atoms with Gasteiger partial charge in [-0.15, -0.1) is 5.10 Å². The van der Waals surface area contributed by atoms with E-state index in [9.17, 15) is 4.79 Å². The molecule has 1 aliphatic heterocycles. The minimum absolute atomic E-state index is 0.161. The average Bonchev–Trinajstić information content (AvgIpc) is 2.95. The molecule has 0 unspecified atom stereocenters. The van der Waals surface area contributed by atoms with Crippen LogP contribution in [-0.2, 0) is 6.54 Å². The molecular formula is C19H27N5O. The number of piperidine rings is 1. The molecule has 6 heteroatoms. The Labute approximate surface area is 149 Å². The highest BCUT2D eigenvalue weighted by molar-refractivity contribution is 5.95. The lowest BCUT2D eigenvalue weighted by atomic mass is 10.0. The summed E-state index contributed by atoms with van der Waals surface area (Å²) in [5, 5.41) is 8.13. The lowest BCUT2D eigenvalue weighted by Gasteiger charge is -2.37. The van der Waals surface area contributed by atoms with Crippen LogP contribution in [0.4, 0.5) is 5.82 Å². The first-order valence-corrected chi connectivity index (χ1v) is 8.99. The quantitative estimate of drug-likeness (QED) is 0.858. The lowest BCUT2D eigenvalue weighted by Crippen LogP contribution is -2.46. The van der Waals surface area contributed by atoms with E-state index in [4.69, 9.17) is 0 Å². The van der Waals surface area contributed by atoms with Gasteiger partial charge in [0, 0.05) is 50.3 Å². The van der Waals surface area contributed by atoms with Crippen LogP contribution in [0.25, 0.3) is 0 Å². The molecule has 134 valence electrons. The summed E-state index contributed by atoms with van der Waals surface area (Å²) in [6, 6.07) is 6.30. The minimum Gasteiger partial charge on any atom is -0.355 e. The molecule has 1 fully saturated rings. The Morgan fingerprint density at radius 3 is 2.60 bits per heavy atom. The smallest absolute Gasteiger partial charge is 0.255 e. The molecule has 0 N–H and O–H groups in total. The summed E-state index contributed by atoms with van der Waals surface area (Å²) in [7, 11) is 2.06. The van der Waals surface area contributed by atoms with Gasteiger partial charge in [-0.25, -0.2) is 0 Å². The molecule has 0 bridgehead atoms. The molecule has 25 heavy (non-hydrogen) atoms. The fourth-order valence-electron chi connectivity index (χ4n) is 3.80. The van der Waals surface area contributed by atoms with E-state index in [2.05, 4.69) is 40.6 Å². The monoisotopic (exact) mass is 341 g/mol. The number of nitrogens with zero attached hydrogens (tertiary/aromatic N) is 5. The van der Waals surface area contributed by atoms with Crippen LogP contribution in [0, 0.1) is 13.8 Å². The van der Waals surface area contributed by atoms with E-state index in [1.54, 1.807) is 6.20 Å². The number of carbonyl (C=O) groups excluding carboxylic acids is 1. The van der Waals surface area contributed by atoms with Gasteiger partial charge in [-0.05, 0) is 51.8 Å². The van der Waals surface area contributed by atoms with Crippen molar-refractivity contribution in [2.45, 2.75) is 46.2 Å². The van der Waals surface area contributed by atoms with Crippen molar-refractivity contribution in [3.8, 4) is 0 Å². The molecular weight excluding hydrogens is 314 g/mol. The van der Waals surface area contributed by atoms with Gasteiger partial charge in [0.25, 0.3) is 5.91 Å². The van der Waals surface area contributed by atoms with Crippen LogP contribution in [0.15, 0.2) is 24.4 Å². The topological polar surface area (TPSA) is 54.3 Å². The second-order valence-corrected chi connectivity index (χ2v) is 6.75. The van der Waals surface area contributed by atoms with Crippen molar-refractivity contribution in [3.05, 3.63) is 41.3 Å². The summed E-state index contributed by atoms with van der Waals surface area (Å²) in [5.74, 6) is 1.05. The van der Waals surface area contributed by atoms with Gasteiger partial charge in [-0.2, -0.15) is 5.10 Å². The van der Waals surface area contributed by atoms with E-state index in [-0.39, 0.29) is 5.91 Å². The molecule has 0 saturated carbocycles. The molecule has 2 aromatic heterocycles. The zero-order chi connectivity index (χ0) is 18.0. The molecule has 0 radical (unpaired) electrons. The number of likely N-dealkylation sites (tertiary alicyclic amines) is 1. The first kappa shape index (κ1) is 17.5. The first-order chi connectivity index (χ1) is 12.0. The number of carbonyl (C=O) groups is 1. The Balaban J connectivity index is 1.65. The Hall–Kier alpha value is -2.37. The normalized spacial score (nSPS) is 15.4. The third-order valence-electron chi connectivity index (χ3n) is 5.34. The molecule has 1 aliphatic rings. The Morgan fingerprint density at radius 2 is 2.04 bits per heavy atom. The van der Waals surface area contributed by atoms with E-state index in [1.807, 2.05) is 30.0 Å². The van der Waals surface area contributed by atoms with Crippen LogP contribution in [0.2, 0.25) is 0 Å². The van der Waals surface area contributed by atoms with Gasteiger partial charge in [0.2, 0.25) is 0 Å². The minimum atomic E-state index is 0.161. The molecule has 3 heterocycles. The van der Waals surface area contributed by atoms with Crippen molar-refractivity contribution >= 4 is 11.7 Å². The van der Waals surface area contributed by atoms with Gasteiger partial charge in [-0.1, -0.05) is 0 Å². The summed E-state index contributed by atoms with van der Waals surface area (Å²) in [6.07, 6.45) is 3.59. The number of rotatable bonds is 4. The standard InChI is InChI=1S/C19H27N5O/c1-5-24-14(2)13-17(15(24)3)19(25)23-11-8-16(9-12-23)22(4)18-7-6-10-20-21-18/h6-7,10,13,16H,5,8-9,11-12H2,1-4H3. The Bertz CT molecular complexity index is 732. The van der Waals surface area contributed by atoms with Crippen LogP contribution in [0.5, 0.6) is 0 Å². The highest BCUT2D eigenvalue weighted by atomic mass is 16.2. The van der Waals surface area contributed by atoms with Crippen LogP contribution < -0.4 is 4.90 Å². The maximum atomic E-state index is 12.9. The van der Waals surface area contributed by atoms with Crippen molar-refractivity contribution < 1.29 is 4.79 Å². The highest BCUT2D eigenvalue weighted by Crippen LogP contribution is 2.23. The fraction of sp³-hybridized carbons (Fsp3) is 0.526. The van der Waals surface area contributed by atoms with Gasteiger partial charge in [-0.3, -0.25) is 4.79 Å². The fourth-order valence-corrected chi connectivity index (χ4v) is 3.80. The van der Waals surface area contributed by atoms with Gasteiger partial charge in [0.15, 0.2) is 5.82 Å². The molecule has 3 rings (SSSR count). The highest BCUT2D eigenvalue weighted by Gasteiger charge is 2.28. The molecule has 1 saturated heterocycles. The van der Waals surface area contributed by atoms with E-state index >= 15 is 0 Å². The summed E-state index contributed by atoms with van der Waals surface area (Å²) in [6.45, 7) is 8.68. The summed E-state index contributed by atoms with van der Waals surface area (Å²) < 4.78 is 2.20. The number of hydrogen-bond donors (Lipinski definition) is 0. The van der Waals surface area contributed by atoms with Crippen molar-refractivity contribution in [2.75, 3.05) is 25.0 Å². The van der Waals surface area contributed by atoms with Gasteiger partial charge >= 0.3 is 0 Å². The molecule has 1 amide bonds. The predicted molar refractivity (Wildman–Crippen MR) is 98.9 cm³/mol. The molecule has 0 aromatic carbocycles. The van der Waals surface area contributed by atoms with Gasteiger partial charge in [0.1, 0.15) is 0 Å². The van der Waals surface area contributed by atoms with Crippen LogP contribution >= 0.6 is 0 Å². The molecule has 2 aromatic rings. The second-order valence-electron chi connectivity index (χ2n) is 6.75. The largest absolute Gasteiger partial charge is 0.355 e. The third kappa shape index (κ3) is 3.38. The zero-order valence-electron chi connectivity index (χ0n) is 15.6. The summed E-state index contributed by atoms with van der Waals surface area (Å²) in [5.41, 5.74) is 3.07. The average molecular weight is 341 g/mol. The SMILES string of the molecule is CCn1c(C)cc(C(=O)N2CCC(N(C)c3cccnn3)CC2)c1C. The molecule has 0 atom stereocenters.